The zero-order chi connectivity index (χ0) is 23.0. The Bertz CT molecular complexity index is 1140. The molecule has 0 aliphatic rings. The Kier molecular flexibility index (Phi) is 8.27. The van der Waals surface area contributed by atoms with Gasteiger partial charge in [-0.1, -0.05) is 72.3 Å². The number of carbonyl (C=O) groups is 1. The Hall–Kier alpha value is -2.87. The topological polar surface area (TPSA) is 75.7 Å². The number of nitrogens with one attached hydrogen (secondary N) is 1. The predicted molar refractivity (Wildman–Crippen MR) is 125 cm³/mol. The Balaban J connectivity index is 1.76. The molecule has 0 heterocycles. The second-order valence-corrected chi connectivity index (χ2v) is 9.49. The second kappa shape index (κ2) is 11.1. The number of carbonyl (C=O) groups excluding carboxylic acids is 1. The van der Waals surface area contributed by atoms with Gasteiger partial charge < -0.3 is 10.1 Å². The van der Waals surface area contributed by atoms with Gasteiger partial charge in [-0.15, -0.1) is 0 Å². The molecule has 3 aromatic rings. The van der Waals surface area contributed by atoms with Gasteiger partial charge in [-0.3, -0.25) is 4.79 Å². The molecule has 0 saturated heterocycles. The smallest absolute Gasteiger partial charge is 0.243 e. The van der Waals surface area contributed by atoms with E-state index in [2.05, 4.69) is 5.32 Å². The summed E-state index contributed by atoms with van der Waals surface area (Å²) in [5.74, 6) is -0.000994. The number of halogens is 1. The van der Waals surface area contributed by atoms with E-state index in [-0.39, 0.29) is 28.9 Å². The molecule has 1 N–H and O–H groups in total. The van der Waals surface area contributed by atoms with Gasteiger partial charge in [-0.2, -0.15) is 4.31 Å². The molecule has 0 aromatic heterocycles. The highest BCUT2D eigenvalue weighted by Gasteiger charge is 2.27. The monoisotopic (exact) mass is 472 g/mol. The Morgan fingerprint density at radius 1 is 0.969 bits per heavy atom. The lowest BCUT2D eigenvalue weighted by molar-refractivity contribution is -0.121. The van der Waals surface area contributed by atoms with Gasteiger partial charge in [0.15, 0.2) is 0 Å². The summed E-state index contributed by atoms with van der Waals surface area (Å²) in [5, 5.41) is 2.99. The summed E-state index contributed by atoms with van der Waals surface area (Å²) in [5.41, 5.74) is 1.86. The highest BCUT2D eigenvalue weighted by Crippen LogP contribution is 2.29. The van der Waals surface area contributed by atoms with E-state index in [4.69, 9.17) is 16.3 Å². The highest BCUT2D eigenvalue weighted by atomic mass is 35.5. The number of rotatable bonds is 10. The van der Waals surface area contributed by atoms with Crippen LogP contribution in [0, 0.1) is 0 Å². The van der Waals surface area contributed by atoms with Gasteiger partial charge >= 0.3 is 0 Å². The predicted octanol–water partition coefficient (Wildman–Crippen LogP) is 3.90. The van der Waals surface area contributed by atoms with Crippen molar-refractivity contribution in [2.75, 3.05) is 20.2 Å². The van der Waals surface area contributed by atoms with Crippen molar-refractivity contribution in [3.05, 3.63) is 95.0 Å². The number of nitrogens with zero attached hydrogens (tertiary/aromatic N) is 1. The van der Waals surface area contributed by atoms with E-state index >= 15 is 0 Å². The van der Waals surface area contributed by atoms with Gasteiger partial charge in [-0.05, 0) is 35.7 Å². The molecule has 0 radical (unpaired) electrons. The van der Waals surface area contributed by atoms with E-state index in [0.717, 1.165) is 15.4 Å². The van der Waals surface area contributed by atoms with Gasteiger partial charge in [0.25, 0.3) is 0 Å². The molecule has 0 saturated carbocycles. The molecule has 3 aromatic carbocycles. The lowest BCUT2D eigenvalue weighted by Crippen LogP contribution is -2.40. The van der Waals surface area contributed by atoms with E-state index in [9.17, 15) is 13.2 Å². The highest BCUT2D eigenvalue weighted by molar-refractivity contribution is 7.89. The van der Waals surface area contributed by atoms with Crippen molar-refractivity contribution in [3.8, 4) is 5.75 Å². The molecule has 1 amide bonds. The van der Waals surface area contributed by atoms with Gasteiger partial charge in [-0.25, -0.2) is 8.42 Å². The van der Waals surface area contributed by atoms with Crippen molar-refractivity contribution in [2.24, 2.45) is 0 Å². The zero-order valence-corrected chi connectivity index (χ0v) is 19.3. The third-order valence-electron chi connectivity index (χ3n) is 4.86. The maximum atomic E-state index is 13.4. The van der Waals surface area contributed by atoms with Gasteiger partial charge in [0.2, 0.25) is 15.9 Å². The molecule has 0 aliphatic heterocycles. The first-order chi connectivity index (χ1) is 15.4. The van der Waals surface area contributed by atoms with Crippen LogP contribution in [0.4, 0.5) is 0 Å². The van der Waals surface area contributed by atoms with E-state index < -0.39 is 10.0 Å². The van der Waals surface area contributed by atoms with Crippen molar-refractivity contribution in [2.45, 2.75) is 17.9 Å². The van der Waals surface area contributed by atoms with Crippen molar-refractivity contribution >= 4 is 27.5 Å². The number of sulfonamides is 1. The summed E-state index contributed by atoms with van der Waals surface area (Å²) >= 11 is 6.15. The van der Waals surface area contributed by atoms with Crippen molar-refractivity contribution < 1.29 is 17.9 Å². The maximum absolute atomic E-state index is 13.4. The van der Waals surface area contributed by atoms with Crippen LogP contribution in [0.1, 0.15) is 11.1 Å². The van der Waals surface area contributed by atoms with Crippen LogP contribution in [0.15, 0.2) is 83.8 Å². The molecule has 0 atom stereocenters. The average Bonchev–Trinajstić information content (AvgIpc) is 2.80. The van der Waals surface area contributed by atoms with Crippen LogP contribution in [0.5, 0.6) is 5.75 Å². The number of benzene rings is 3. The first kappa shape index (κ1) is 23.8. The van der Waals surface area contributed by atoms with E-state index in [1.54, 1.807) is 0 Å². The lowest BCUT2D eigenvalue weighted by Gasteiger charge is -2.22. The molecule has 168 valence electrons. The first-order valence-corrected chi connectivity index (χ1v) is 11.9. The number of methoxy groups -OCH3 is 1. The summed E-state index contributed by atoms with van der Waals surface area (Å²) in [6, 6.07) is 23.1. The number of hydrogen-bond acceptors (Lipinski definition) is 4. The number of amides is 1. The molecular weight excluding hydrogens is 448 g/mol. The quantitative estimate of drug-likeness (QED) is 0.485. The van der Waals surface area contributed by atoms with E-state index in [0.29, 0.717) is 18.7 Å². The molecule has 32 heavy (non-hydrogen) atoms. The van der Waals surface area contributed by atoms with E-state index in [1.807, 2.05) is 60.7 Å². The van der Waals surface area contributed by atoms with Crippen LogP contribution in [0.2, 0.25) is 5.02 Å². The minimum atomic E-state index is -3.99. The summed E-state index contributed by atoms with van der Waals surface area (Å²) < 4.78 is 33.0. The molecule has 0 bridgehead atoms. The lowest BCUT2D eigenvalue weighted by atomic mass is 10.1. The Morgan fingerprint density at radius 3 is 2.19 bits per heavy atom. The molecule has 0 unspecified atom stereocenters. The molecule has 8 heteroatoms. The molecular formula is C24H25ClN2O4S. The Morgan fingerprint density at radius 2 is 1.59 bits per heavy atom. The summed E-state index contributed by atoms with van der Waals surface area (Å²) in [6.45, 7) is 0.158. The van der Waals surface area contributed by atoms with Crippen LogP contribution in [-0.2, 0) is 27.8 Å². The van der Waals surface area contributed by atoms with Crippen LogP contribution in [0.3, 0.4) is 0 Å². The molecule has 6 nitrogen and oxygen atoms in total. The van der Waals surface area contributed by atoms with Crippen molar-refractivity contribution in [1.82, 2.24) is 9.62 Å². The van der Waals surface area contributed by atoms with Gasteiger partial charge in [0.05, 0.1) is 23.6 Å². The first-order valence-electron chi connectivity index (χ1n) is 10.1. The fourth-order valence-electron chi connectivity index (χ4n) is 3.18. The van der Waals surface area contributed by atoms with Gasteiger partial charge in [0.1, 0.15) is 5.75 Å². The van der Waals surface area contributed by atoms with Crippen LogP contribution >= 0.6 is 11.6 Å². The number of hydrogen-bond donors (Lipinski definition) is 1. The molecule has 3 rings (SSSR count). The molecule has 0 fully saturated rings. The largest absolute Gasteiger partial charge is 0.495 e. The zero-order valence-electron chi connectivity index (χ0n) is 17.7. The average molecular weight is 473 g/mol. The normalized spacial score (nSPS) is 11.3. The molecule has 0 aliphatic carbocycles. The van der Waals surface area contributed by atoms with Crippen LogP contribution in [0.25, 0.3) is 0 Å². The van der Waals surface area contributed by atoms with Crippen LogP contribution in [-0.4, -0.2) is 38.8 Å². The fourth-order valence-corrected chi connectivity index (χ4v) is 4.91. The summed E-state index contributed by atoms with van der Waals surface area (Å²) in [7, 11) is -2.53. The molecule has 0 spiro atoms. The standard InChI is InChI=1S/C24H25ClN2O4S/c1-31-23-13-12-21(16-22(23)25)32(29,30)27(17-20-10-6-3-7-11-20)18-24(28)26-15-14-19-8-4-2-5-9-19/h2-13,16H,14-15,17-18H2,1H3,(H,26,28). The second-order valence-electron chi connectivity index (χ2n) is 7.14. The van der Waals surface area contributed by atoms with E-state index in [1.165, 1.54) is 25.3 Å². The van der Waals surface area contributed by atoms with Crippen molar-refractivity contribution in [1.29, 1.82) is 0 Å². The van der Waals surface area contributed by atoms with Crippen LogP contribution < -0.4 is 10.1 Å². The Labute approximate surface area is 193 Å². The minimum absolute atomic E-state index is 0.00341. The third-order valence-corrected chi connectivity index (χ3v) is 6.94. The summed E-state index contributed by atoms with van der Waals surface area (Å²) in [6.07, 6.45) is 0.659. The maximum Gasteiger partial charge on any atom is 0.243 e. The van der Waals surface area contributed by atoms with Gasteiger partial charge in [0, 0.05) is 13.1 Å². The SMILES string of the molecule is COc1ccc(S(=O)(=O)N(CC(=O)NCCc2ccccc2)Cc2ccccc2)cc1Cl. The number of ether oxygens (including phenoxy) is 1. The fraction of sp³-hybridized carbons (Fsp3) is 0.208. The third kappa shape index (κ3) is 6.32. The summed E-state index contributed by atoms with van der Waals surface area (Å²) in [4.78, 5) is 12.6. The minimum Gasteiger partial charge on any atom is -0.495 e. The van der Waals surface area contributed by atoms with Crippen molar-refractivity contribution in [3.63, 3.8) is 0 Å².